The molecule has 3 atom stereocenters. The largest absolute Gasteiger partial charge is 0.349 e. The molecule has 3 nitrogen and oxygen atoms in total. The van der Waals surface area contributed by atoms with Gasteiger partial charge in [-0.25, -0.2) is 4.39 Å². The highest BCUT2D eigenvalue weighted by molar-refractivity contribution is 6.31. The molecule has 1 saturated heterocycles. The van der Waals surface area contributed by atoms with Crippen molar-refractivity contribution in [2.75, 3.05) is 13.1 Å². The lowest BCUT2D eigenvalue weighted by molar-refractivity contribution is -0.127. The van der Waals surface area contributed by atoms with Crippen LogP contribution in [0.25, 0.3) is 0 Å². The van der Waals surface area contributed by atoms with Crippen LogP contribution in [0.5, 0.6) is 0 Å². The first kappa shape index (κ1) is 22.5. The first-order chi connectivity index (χ1) is 15.5. The van der Waals surface area contributed by atoms with Crippen LogP contribution in [0.4, 0.5) is 4.39 Å². The van der Waals surface area contributed by atoms with Crippen LogP contribution in [0.3, 0.4) is 0 Å². The number of piperidine rings is 1. The van der Waals surface area contributed by atoms with Gasteiger partial charge in [-0.1, -0.05) is 72.3 Å². The summed E-state index contributed by atoms with van der Waals surface area (Å²) in [5.41, 5.74) is 3.19. The Bertz CT molecular complexity index is 1040. The lowest BCUT2D eigenvalue weighted by atomic mass is 9.83. The number of nitrogens with zero attached hydrogens (tertiary/aromatic N) is 1. The number of halogens is 2. The molecule has 1 amide bonds. The molecule has 0 unspecified atom stereocenters. The number of nitrogens with one attached hydrogen (secondary N) is 1. The number of carbonyl (C=O) groups excluding carboxylic acids is 1. The fourth-order valence-electron chi connectivity index (χ4n) is 4.51. The quantitative estimate of drug-likeness (QED) is 0.502. The number of hydrogen-bond donors (Lipinski definition) is 1. The zero-order valence-corrected chi connectivity index (χ0v) is 18.9. The minimum absolute atomic E-state index is 0.0531. The molecule has 0 aliphatic carbocycles. The number of amides is 1. The molecule has 0 spiro atoms. The molecule has 5 heteroatoms. The predicted octanol–water partition coefficient (Wildman–Crippen LogP) is 5.96. The van der Waals surface area contributed by atoms with Crippen LogP contribution < -0.4 is 5.32 Å². The summed E-state index contributed by atoms with van der Waals surface area (Å²) in [7, 11) is 0. The van der Waals surface area contributed by atoms with Crippen molar-refractivity contribution in [3.05, 3.63) is 106 Å². The molecule has 166 valence electrons. The maximum atomic E-state index is 13.5. The van der Waals surface area contributed by atoms with E-state index >= 15 is 0 Å². The maximum absolute atomic E-state index is 13.5. The summed E-state index contributed by atoms with van der Waals surface area (Å²) in [5, 5.41) is 3.92. The highest BCUT2D eigenvalue weighted by atomic mass is 35.5. The van der Waals surface area contributed by atoms with Crippen LogP contribution >= 0.6 is 11.6 Å². The first-order valence-electron chi connectivity index (χ1n) is 11.1. The highest BCUT2D eigenvalue weighted by Crippen LogP contribution is 2.32. The van der Waals surface area contributed by atoms with Crippen molar-refractivity contribution in [3.63, 3.8) is 0 Å². The second-order valence-corrected chi connectivity index (χ2v) is 9.01. The van der Waals surface area contributed by atoms with E-state index in [9.17, 15) is 9.18 Å². The molecule has 0 saturated carbocycles. The Labute approximate surface area is 194 Å². The Morgan fingerprint density at radius 1 is 1.03 bits per heavy atom. The van der Waals surface area contributed by atoms with Gasteiger partial charge in [-0.2, -0.15) is 0 Å². The molecule has 1 heterocycles. The zero-order valence-electron chi connectivity index (χ0n) is 18.2. The second-order valence-electron chi connectivity index (χ2n) is 8.61. The normalized spacial score (nSPS) is 20.0. The molecule has 1 aliphatic heterocycles. The van der Waals surface area contributed by atoms with E-state index in [2.05, 4.69) is 10.2 Å². The third kappa shape index (κ3) is 5.56. The van der Waals surface area contributed by atoms with Gasteiger partial charge in [-0.15, -0.1) is 0 Å². The highest BCUT2D eigenvalue weighted by Gasteiger charge is 2.33. The average molecular weight is 451 g/mol. The minimum Gasteiger partial charge on any atom is -0.349 e. The Balaban J connectivity index is 1.52. The van der Waals surface area contributed by atoms with Gasteiger partial charge in [0.05, 0.1) is 12.0 Å². The Morgan fingerprint density at radius 2 is 1.72 bits per heavy atom. The van der Waals surface area contributed by atoms with E-state index < -0.39 is 0 Å². The van der Waals surface area contributed by atoms with Gasteiger partial charge in [0.1, 0.15) is 5.82 Å². The standard InChI is InChI=1S/C27H28ClFN2O/c1-19(20-7-3-2-4-8-20)30-27(32)24-15-23(21-11-13-25(29)14-12-21)17-31(18-24)16-22-9-5-6-10-26(22)28/h2-14,19,23-24H,15-18H2,1H3,(H,30,32)/t19-,23-,24+/m1/s1. The van der Waals surface area contributed by atoms with Crippen LogP contribution in [0.15, 0.2) is 78.9 Å². The van der Waals surface area contributed by atoms with Crippen molar-refractivity contribution in [3.8, 4) is 0 Å². The number of carbonyl (C=O) groups is 1. The maximum Gasteiger partial charge on any atom is 0.224 e. The lowest BCUT2D eigenvalue weighted by Gasteiger charge is -2.38. The predicted molar refractivity (Wildman–Crippen MR) is 127 cm³/mol. The van der Waals surface area contributed by atoms with Crippen LogP contribution in [-0.4, -0.2) is 23.9 Å². The summed E-state index contributed by atoms with van der Waals surface area (Å²) in [6.07, 6.45) is 0.734. The summed E-state index contributed by atoms with van der Waals surface area (Å²) < 4.78 is 13.5. The minimum atomic E-state index is -0.247. The molecule has 1 aliphatic rings. The van der Waals surface area contributed by atoms with Crippen molar-refractivity contribution in [2.24, 2.45) is 5.92 Å². The molecule has 4 rings (SSSR count). The lowest BCUT2D eigenvalue weighted by Crippen LogP contribution is -2.45. The topological polar surface area (TPSA) is 32.3 Å². The van der Waals surface area contributed by atoms with Gasteiger partial charge >= 0.3 is 0 Å². The van der Waals surface area contributed by atoms with Gasteiger partial charge in [-0.05, 0) is 54.2 Å². The van der Waals surface area contributed by atoms with E-state index in [-0.39, 0.29) is 29.6 Å². The van der Waals surface area contributed by atoms with E-state index in [1.165, 1.54) is 12.1 Å². The zero-order chi connectivity index (χ0) is 22.5. The van der Waals surface area contributed by atoms with E-state index in [1.54, 1.807) is 0 Å². The summed E-state index contributed by atoms with van der Waals surface area (Å²) >= 11 is 6.40. The summed E-state index contributed by atoms with van der Waals surface area (Å²) in [4.78, 5) is 15.5. The SMILES string of the molecule is C[C@@H](NC(=O)[C@H]1C[C@@H](c2ccc(F)cc2)CN(Cc2ccccc2Cl)C1)c1ccccc1. The van der Waals surface area contributed by atoms with Gasteiger partial charge in [-0.3, -0.25) is 9.69 Å². The molecule has 1 N–H and O–H groups in total. The first-order valence-corrected chi connectivity index (χ1v) is 11.4. The van der Waals surface area contributed by atoms with E-state index in [4.69, 9.17) is 11.6 Å². The Kier molecular flexibility index (Phi) is 7.23. The van der Waals surface area contributed by atoms with Crippen LogP contribution in [0, 0.1) is 11.7 Å². The van der Waals surface area contributed by atoms with E-state index in [0.717, 1.165) is 34.7 Å². The monoisotopic (exact) mass is 450 g/mol. The Morgan fingerprint density at radius 3 is 2.44 bits per heavy atom. The van der Waals surface area contributed by atoms with Gasteiger partial charge in [0.25, 0.3) is 0 Å². The van der Waals surface area contributed by atoms with Gasteiger partial charge in [0, 0.05) is 24.7 Å². The van der Waals surface area contributed by atoms with Crippen molar-refractivity contribution in [2.45, 2.75) is 31.8 Å². The third-order valence-corrected chi connectivity index (χ3v) is 6.62. The number of rotatable bonds is 6. The number of hydrogen-bond acceptors (Lipinski definition) is 2. The summed E-state index contributed by atoms with van der Waals surface area (Å²) in [6.45, 7) is 4.15. The van der Waals surface area contributed by atoms with Crippen molar-refractivity contribution in [1.29, 1.82) is 0 Å². The van der Waals surface area contributed by atoms with Crippen molar-refractivity contribution in [1.82, 2.24) is 10.2 Å². The fraction of sp³-hybridized carbons (Fsp3) is 0.296. The van der Waals surface area contributed by atoms with Gasteiger partial charge in [0.15, 0.2) is 0 Å². The molecule has 32 heavy (non-hydrogen) atoms. The second kappa shape index (κ2) is 10.3. The van der Waals surface area contributed by atoms with Crippen LogP contribution in [0.2, 0.25) is 5.02 Å². The molecule has 0 aromatic heterocycles. The Hall–Kier alpha value is -2.69. The molecule has 0 radical (unpaired) electrons. The van der Waals surface area contributed by atoms with Crippen LogP contribution in [-0.2, 0) is 11.3 Å². The van der Waals surface area contributed by atoms with Crippen LogP contribution in [0.1, 0.15) is 42.0 Å². The molecule has 3 aromatic rings. The van der Waals surface area contributed by atoms with Crippen molar-refractivity contribution >= 4 is 17.5 Å². The fourth-order valence-corrected chi connectivity index (χ4v) is 4.71. The molecule has 0 bridgehead atoms. The average Bonchev–Trinajstić information content (AvgIpc) is 2.81. The molecular formula is C27H28ClFN2O. The summed E-state index contributed by atoms with van der Waals surface area (Å²) in [5.74, 6) is -0.206. The van der Waals surface area contributed by atoms with E-state index in [0.29, 0.717) is 13.1 Å². The molecular weight excluding hydrogens is 423 g/mol. The smallest absolute Gasteiger partial charge is 0.224 e. The summed E-state index contributed by atoms with van der Waals surface area (Å²) in [6, 6.07) is 24.4. The third-order valence-electron chi connectivity index (χ3n) is 6.25. The van der Waals surface area contributed by atoms with E-state index in [1.807, 2.05) is 73.7 Å². The van der Waals surface area contributed by atoms with Crippen molar-refractivity contribution < 1.29 is 9.18 Å². The van der Waals surface area contributed by atoms with Gasteiger partial charge < -0.3 is 5.32 Å². The number of benzene rings is 3. The van der Waals surface area contributed by atoms with Gasteiger partial charge in [0.2, 0.25) is 5.91 Å². The number of likely N-dealkylation sites (tertiary alicyclic amines) is 1. The molecule has 3 aromatic carbocycles. The molecule has 1 fully saturated rings.